The van der Waals surface area contributed by atoms with Gasteiger partial charge in [-0.25, -0.2) is 9.67 Å². The van der Waals surface area contributed by atoms with E-state index in [1.54, 1.807) is 36.4 Å². The van der Waals surface area contributed by atoms with Gasteiger partial charge in [-0.1, -0.05) is 46.9 Å². The molecule has 6 nitrogen and oxygen atoms in total. The number of benzene rings is 2. The molecule has 12 heteroatoms. The Labute approximate surface area is 212 Å². The number of carbonyl (C=O) groups is 1. The van der Waals surface area contributed by atoms with Crippen molar-refractivity contribution < 1.29 is 22.7 Å². The number of aromatic nitrogens is 3. The predicted octanol–water partition coefficient (Wildman–Crippen LogP) is 6.44. The standard InChI is InChI=1S/C23H16Cl3F3N4O2/c1-35-9-8-30-22(34)16-11-15-19(12-2-4-13(24)5-3-12)33(18-7-6-14(25)10-17(18)26)32-21(15)31-20(16)23(27,28)29/h2-7,10-11H,8-9H2,1H3,(H,30,34). The smallest absolute Gasteiger partial charge is 0.383 e. The molecule has 1 amide bonds. The lowest BCUT2D eigenvalue weighted by Crippen LogP contribution is -2.29. The molecule has 0 spiro atoms. The molecule has 4 aromatic rings. The van der Waals surface area contributed by atoms with Crippen LogP contribution in [0.5, 0.6) is 0 Å². The molecule has 2 aromatic carbocycles. The Kier molecular flexibility index (Phi) is 7.23. The predicted molar refractivity (Wildman–Crippen MR) is 129 cm³/mol. The first-order valence-corrected chi connectivity index (χ1v) is 11.2. The second kappa shape index (κ2) is 10.0. The molecule has 35 heavy (non-hydrogen) atoms. The Morgan fingerprint density at radius 2 is 1.74 bits per heavy atom. The van der Waals surface area contributed by atoms with Gasteiger partial charge in [-0.2, -0.15) is 13.2 Å². The molecule has 0 fully saturated rings. The molecule has 0 bridgehead atoms. The lowest BCUT2D eigenvalue weighted by Gasteiger charge is -2.13. The molecule has 0 saturated carbocycles. The van der Waals surface area contributed by atoms with Crippen molar-refractivity contribution in [1.29, 1.82) is 0 Å². The third-order valence-corrected chi connectivity index (χ3v) is 5.81. The molecule has 0 unspecified atom stereocenters. The fraction of sp³-hybridized carbons (Fsp3) is 0.174. The highest BCUT2D eigenvalue weighted by atomic mass is 35.5. The number of methoxy groups -OCH3 is 1. The van der Waals surface area contributed by atoms with Gasteiger partial charge in [0.15, 0.2) is 11.3 Å². The lowest BCUT2D eigenvalue weighted by atomic mass is 10.0. The highest BCUT2D eigenvalue weighted by Crippen LogP contribution is 2.38. The van der Waals surface area contributed by atoms with E-state index in [2.05, 4.69) is 15.4 Å². The second-order valence-electron chi connectivity index (χ2n) is 7.37. The molecule has 0 atom stereocenters. The third-order valence-electron chi connectivity index (χ3n) is 5.02. The van der Waals surface area contributed by atoms with Crippen LogP contribution in [-0.2, 0) is 10.9 Å². The highest BCUT2D eigenvalue weighted by molar-refractivity contribution is 6.35. The first-order chi connectivity index (χ1) is 16.6. The number of rotatable bonds is 6. The topological polar surface area (TPSA) is 69.0 Å². The van der Waals surface area contributed by atoms with Gasteiger partial charge in [0, 0.05) is 34.6 Å². The van der Waals surface area contributed by atoms with E-state index in [-0.39, 0.29) is 29.2 Å². The van der Waals surface area contributed by atoms with Crippen molar-refractivity contribution in [2.75, 3.05) is 20.3 Å². The molecule has 2 heterocycles. The van der Waals surface area contributed by atoms with Gasteiger partial charge >= 0.3 is 6.18 Å². The first-order valence-electron chi connectivity index (χ1n) is 10.1. The highest BCUT2D eigenvalue weighted by Gasteiger charge is 2.38. The minimum absolute atomic E-state index is 0.0222. The first kappa shape index (κ1) is 25.2. The number of nitrogens with one attached hydrogen (secondary N) is 1. The minimum atomic E-state index is -4.90. The number of halogens is 6. The molecular formula is C23H16Cl3F3N4O2. The summed E-state index contributed by atoms with van der Waals surface area (Å²) in [4.78, 5) is 16.5. The minimum Gasteiger partial charge on any atom is -0.383 e. The van der Waals surface area contributed by atoms with Crippen LogP contribution in [0.4, 0.5) is 13.2 Å². The Hall–Kier alpha value is -2.85. The third kappa shape index (κ3) is 5.23. The van der Waals surface area contributed by atoms with E-state index >= 15 is 0 Å². The van der Waals surface area contributed by atoms with Crippen LogP contribution in [0, 0.1) is 0 Å². The fourth-order valence-electron chi connectivity index (χ4n) is 3.48. The van der Waals surface area contributed by atoms with Crippen LogP contribution < -0.4 is 5.32 Å². The zero-order chi connectivity index (χ0) is 25.3. The lowest BCUT2D eigenvalue weighted by molar-refractivity contribution is -0.141. The number of ether oxygens (including phenoxy) is 1. The fourth-order valence-corrected chi connectivity index (χ4v) is 4.09. The summed E-state index contributed by atoms with van der Waals surface area (Å²) >= 11 is 18.4. The summed E-state index contributed by atoms with van der Waals surface area (Å²) in [6.07, 6.45) is -4.90. The van der Waals surface area contributed by atoms with E-state index in [0.29, 0.717) is 27.0 Å². The van der Waals surface area contributed by atoms with Crippen molar-refractivity contribution >= 4 is 51.7 Å². The Morgan fingerprint density at radius 3 is 2.37 bits per heavy atom. The van der Waals surface area contributed by atoms with Gasteiger partial charge in [-0.05, 0) is 36.4 Å². The average molecular weight is 544 g/mol. The Balaban J connectivity index is 2.02. The van der Waals surface area contributed by atoms with Crippen LogP contribution in [-0.4, -0.2) is 40.9 Å². The number of hydrogen-bond donors (Lipinski definition) is 1. The summed E-state index contributed by atoms with van der Waals surface area (Å²) in [5.41, 5.74) is -0.920. The van der Waals surface area contributed by atoms with E-state index < -0.39 is 23.3 Å². The molecular weight excluding hydrogens is 528 g/mol. The van der Waals surface area contributed by atoms with Crippen molar-refractivity contribution in [3.8, 4) is 16.9 Å². The summed E-state index contributed by atoms with van der Waals surface area (Å²) in [5.74, 6) is -0.942. The van der Waals surface area contributed by atoms with Gasteiger partial charge < -0.3 is 10.1 Å². The number of hydrogen-bond acceptors (Lipinski definition) is 4. The van der Waals surface area contributed by atoms with E-state index in [0.717, 1.165) is 6.07 Å². The number of carbonyl (C=O) groups excluding carboxylic acids is 1. The quantitative estimate of drug-likeness (QED) is 0.284. The van der Waals surface area contributed by atoms with Crippen molar-refractivity contribution in [2.24, 2.45) is 0 Å². The molecule has 0 aliphatic rings. The van der Waals surface area contributed by atoms with Gasteiger partial charge in [-0.15, -0.1) is 5.10 Å². The monoisotopic (exact) mass is 542 g/mol. The maximum atomic E-state index is 13.9. The van der Waals surface area contributed by atoms with Gasteiger partial charge in [0.25, 0.3) is 5.91 Å². The maximum absolute atomic E-state index is 13.9. The Bertz CT molecular complexity index is 1410. The van der Waals surface area contributed by atoms with E-state index in [1.807, 2.05) is 0 Å². The van der Waals surface area contributed by atoms with Crippen LogP contribution in [0.3, 0.4) is 0 Å². The molecule has 0 saturated heterocycles. The zero-order valence-electron chi connectivity index (χ0n) is 18.0. The summed E-state index contributed by atoms with van der Waals surface area (Å²) in [7, 11) is 1.41. The van der Waals surface area contributed by atoms with Gasteiger partial charge in [0.05, 0.1) is 28.6 Å². The number of nitrogens with zero attached hydrogens (tertiary/aromatic N) is 3. The summed E-state index contributed by atoms with van der Waals surface area (Å²) in [6.45, 7) is 0.153. The summed E-state index contributed by atoms with van der Waals surface area (Å²) < 4.78 is 47.9. The van der Waals surface area contributed by atoms with E-state index in [1.165, 1.54) is 17.9 Å². The SMILES string of the molecule is COCCNC(=O)c1cc2c(-c3ccc(Cl)cc3)n(-c3ccc(Cl)cc3Cl)nc2nc1C(F)(F)F. The maximum Gasteiger partial charge on any atom is 0.434 e. The zero-order valence-corrected chi connectivity index (χ0v) is 20.2. The van der Waals surface area contributed by atoms with Crippen molar-refractivity contribution in [2.45, 2.75) is 6.18 Å². The van der Waals surface area contributed by atoms with Crippen LogP contribution in [0.25, 0.3) is 28.0 Å². The Morgan fingerprint density at radius 1 is 1.06 bits per heavy atom. The van der Waals surface area contributed by atoms with Crippen LogP contribution in [0.15, 0.2) is 48.5 Å². The normalized spacial score (nSPS) is 11.7. The number of fused-ring (bicyclic) bond motifs is 1. The second-order valence-corrected chi connectivity index (χ2v) is 8.65. The van der Waals surface area contributed by atoms with Crippen molar-refractivity contribution in [3.05, 3.63) is 74.9 Å². The van der Waals surface area contributed by atoms with E-state index in [9.17, 15) is 18.0 Å². The molecule has 0 aliphatic heterocycles. The van der Waals surface area contributed by atoms with Gasteiger partial charge in [0.2, 0.25) is 0 Å². The number of amides is 1. The molecule has 0 radical (unpaired) electrons. The van der Waals surface area contributed by atoms with Gasteiger partial charge in [-0.3, -0.25) is 4.79 Å². The van der Waals surface area contributed by atoms with Crippen molar-refractivity contribution in [3.63, 3.8) is 0 Å². The van der Waals surface area contributed by atoms with Crippen LogP contribution in [0.1, 0.15) is 16.1 Å². The number of alkyl halides is 3. The molecule has 0 aliphatic carbocycles. The van der Waals surface area contributed by atoms with Crippen LogP contribution in [0.2, 0.25) is 15.1 Å². The van der Waals surface area contributed by atoms with Gasteiger partial charge in [0.1, 0.15) is 0 Å². The summed E-state index contributed by atoms with van der Waals surface area (Å²) in [6, 6.07) is 12.4. The molecule has 1 N–H and O–H groups in total. The largest absolute Gasteiger partial charge is 0.434 e. The average Bonchev–Trinajstić information content (AvgIpc) is 3.16. The van der Waals surface area contributed by atoms with Crippen LogP contribution >= 0.6 is 34.8 Å². The molecule has 182 valence electrons. The number of pyridine rings is 1. The molecule has 2 aromatic heterocycles. The van der Waals surface area contributed by atoms with E-state index in [4.69, 9.17) is 39.5 Å². The summed E-state index contributed by atoms with van der Waals surface area (Å²) in [5, 5.41) is 7.99. The van der Waals surface area contributed by atoms with Crippen molar-refractivity contribution in [1.82, 2.24) is 20.1 Å². The molecule has 4 rings (SSSR count).